The van der Waals surface area contributed by atoms with Crippen molar-refractivity contribution in [3.05, 3.63) is 58.4 Å². The van der Waals surface area contributed by atoms with E-state index in [9.17, 15) is 14.7 Å². The van der Waals surface area contributed by atoms with Crippen LogP contribution in [0.1, 0.15) is 10.4 Å². The maximum absolute atomic E-state index is 13.9. The molecule has 7 rings (SSSR count). The first-order valence-electron chi connectivity index (χ1n) is 14.3. The average molecular weight is 573 g/mol. The van der Waals surface area contributed by atoms with Gasteiger partial charge in [0, 0.05) is 67.6 Å². The molecular weight excluding hydrogens is 540 g/mol. The third kappa shape index (κ3) is 4.88. The molecule has 2 saturated heterocycles. The normalized spacial score (nSPS) is 17.0. The van der Waals surface area contributed by atoms with E-state index in [1.54, 1.807) is 34.7 Å². The molecule has 0 unspecified atom stereocenters. The third-order valence-electron chi connectivity index (χ3n) is 8.20. The smallest absolute Gasteiger partial charge is 0.336 e. The lowest BCUT2D eigenvalue weighted by Crippen LogP contribution is -2.39. The number of hydrogen-bond donors (Lipinski definition) is 1. The fourth-order valence-corrected chi connectivity index (χ4v) is 5.99. The second-order valence-corrected chi connectivity index (χ2v) is 10.7. The Hall–Kier alpha value is -4.03. The molecule has 5 aromatic rings. The van der Waals surface area contributed by atoms with E-state index in [4.69, 9.17) is 23.9 Å². The number of pyridine rings is 1. The van der Waals surface area contributed by atoms with Gasteiger partial charge in [-0.15, -0.1) is 0 Å². The Labute approximate surface area is 241 Å². The lowest BCUT2D eigenvalue weighted by molar-refractivity contribution is 0.0305. The highest BCUT2D eigenvalue weighted by molar-refractivity contribution is 6.20. The van der Waals surface area contributed by atoms with Crippen molar-refractivity contribution >= 4 is 44.2 Å². The maximum Gasteiger partial charge on any atom is 0.336 e. The summed E-state index contributed by atoms with van der Waals surface area (Å²) in [6.07, 6.45) is 0. The molecule has 0 amide bonds. The number of ether oxygens (including phenoxy) is 4. The molecule has 0 spiro atoms. The summed E-state index contributed by atoms with van der Waals surface area (Å²) in [6, 6.07) is 12.2. The van der Waals surface area contributed by atoms with Crippen LogP contribution in [0.2, 0.25) is 0 Å². The SMILES string of the molecule is O=C(O)c1ccc2c3c1cccc3c(=O)n1c3cc(OCCN4CCOCC4)c(OCCN4CCOCC4)cc3nc21. The molecule has 0 aliphatic carbocycles. The van der Waals surface area contributed by atoms with Crippen molar-refractivity contribution in [3.63, 3.8) is 0 Å². The van der Waals surface area contributed by atoms with Gasteiger partial charge >= 0.3 is 5.97 Å². The number of hydrogen-bond acceptors (Lipinski definition) is 9. The zero-order valence-corrected chi connectivity index (χ0v) is 23.2. The molecular formula is C31H32N4O7. The number of morpholine rings is 2. The molecule has 218 valence electrons. The number of carboxylic acids is 1. The summed E-state index contributed by atoms with van der Waals surface area (Å²) in [4.78, 5) is 35.3. The highest BCUT2D eigenvalue weighted by Gasteiger charge is 2.21. The molecule has 2 aromatic heterocycles. The van der Waals surface area contributed by atoms with Gasteiger partial charge in [0.15, 0.2) is 11.5 Å². The molecule has 2 aliphatic heterocycles. The van der Waals surface area contributed by atoms with E-state index < -0.39 is 5.97 Å². The highest BCUT2D eigenvalue weighted by atomic mass is 16.5. The van der Waals surface area contributed by atoms with E-state index in [-0.39, 0.29) is 11.1 Å². The number of aromatic nitrogens is 2. The van der Waals surface area contributed by atoms with Gasteiger partial charge in [0.1, 0.15) is 18.9 Å². The van der Waals surface area contributed by atoms with Crippen LogP contribution < -0.4 is 15.0 Å². The van der Waals surface area contributed by atoms with Crippen molar-refractivity contribution in [3.8, 4) is 11.5 Å². The molecule has 0 radical (unpaired) electrons. The number of imidazole rings is 1. The van der Waals surface area contributed by atoms with Gasteiger partial charge in [-0.25, -0.2) is 9.78 Å². The van der Waals surface area contributed by atoms with E-state index in [0.717, 1.165) is 52.5 Å². The number of fused-ring (bicyclic) bond motifs is 4. The molecule has 11 nitrogen and oxygen atoms in total. The number of rotatable bonds is 9. The lowest BCUT2D eigenvalue weighted by Gasteiger charge is -2.27. The van der Waals surface area contributed by atoms with Crippen LogP contribution in [0.5, 0.6) is 11.5 Å². The Kier molecular flexibility index (Phi) is 7.24. The second kappa shape index (κ2) is 11.3. The monoisotopic (exact) mass is 572 g/mol. The summed E-state index contributed by atoms with van der Waals surface area (Å²) in [7, 11) is 0. The van der Waals surface area contributed by atoms with Crippen LogP contribution in [-0.2, 0) is 9.47 Å². The minimum absolute atomic E-state index is 0.153. The van der Waals surface area contributed by atoms with Crippen molar-refractivity contribution in [2.45, 2.75) is 0 Å². The molecule has 0 saturated carbocycles. The van der Waals surface area contributed by atoms with Crippen molar-refractivity contribution in [1.82, 2.24) is 19.2 Å². The van der Waals surface area contributed by atoms with Crippen LogP contribution >= 0.6 is 0 Å². The summed E-state index contributed by atoms with van der Waals surface area (Å²) in [5, 5.41) is 12.0. The van der Waals surface area contributed by atoms with Crippen LogP contribution in [0.15, 0.2) is 47.3 Å². The Morgan fingerprint density at radius 1 is 0.833 bits per heavy atom. The molecule has 1 N–H and O–H groups in total. The van der Waals surface area contributed by atoms with Crippen LogP contribution in [0.4, 0.5) is 0 Å². The Morgan fingerprint density at radius 2 is 1.45 bits per heavy atom. The number of aromatic carboxylic acids is 1. The minimum atomic E-state index is -1.04. The van der Waals surface area contributed by atoms with Gasteiger partial charge in [-0.2, -0.15) is 0 Å². The zero-order valence-electron chi connectivity index (χ0n) is 23.2. The van der Waals surface area contributed by atoms with Gasteiger partial charge < -0.3 is 24.1 Å². The van der Waals surface area contributed by atoms with E-state index in [1.165, 1.54) is 0 Å². The minimum Gasteiger partial charge on any atom is -0.488 e. The fourth-order valence-electron chi connectivity index (χ4n) is 5.99. The second-order valence-electron chi connectivity index (χ2n) is 10.7. The van der Waals surface area contributed by atoms with Gasteiger partial charge in [-0.1, -0.05) is 12.1 Å². The first-order valence-corrected chi connectivity index (χ1v) is 14.3. The Morgan fingerprint density at radius 3 is 2.10 bits per heavy atom. The van der Waals surface area contributed by atoms with Gasteiger partial charge in [-0.3, -0.25) is 19.0 Å². The topological polar surface area (TPSA) is 115 Å². The number of nitrogens with zero attached hydrogens (tertiary/aromatic N) is 4. The van der Waals surface area contributed by atoms with E-state index in [0.29, 0.717) is 76.2 Å². The van der Waals surface area contributed by atoms with Crippen molar-refractivity contribution < 1.29 is 28.8 Å². The molecule has 4 heterocycles. The van der Waals surface area contributed by atoms with Crippen molar-refractivity contribution in [1.29, 1.82) is 0 Å². The summed E-state index contributed by atoms with van der Waals surface area (Å²) in [5.74, 6) is 0.0888. The number of carbonyl (C=O) groups is 1. The first kappa shape index (κ1) is 26.8. The standard InChI is InChI=1S/C31H32N4O7/c36-30-23-3-1-2-20-21(31(37)38)4-5-22(28(20)23)29-32-24-18-26(41-16-10-33-6-12-39-13-7-33)27(19-25(24)35(29)30)42-17-11-34-8-14-40-15-9-34/h1-5,18-19H,6-17H2,(H,37,38). The Bertz CT molecular complexity index is 1830. The number of benzene rings is 3. The predicted molar refractivity (Wildman–Crippen MR) is 158 cm³/mol. The quantitative estimate of drug-likeness (QED) is 0.283. The Balaban J connectivity index is 1.30. The molecule has 0 bridgehead atoms. The number of carboxylic acid groups (broad SMARTS) is 1. The highest BCUT2D eigenvalue weighted by Crippen LogP contribution is 2.36. The molecule has 11 heteroatoms. The van der Waals surface area contributed by atoms with E-state index in [1.807, 2.05) is 12.1 Å². The van der Waals surface area contributed by atoms with Gasteiger partial charge in [-0.05, 0) is 23.6 Å². The van der Waals surface area contributed by atoms with Crippen LogP contribution in [0, 0.1) is 0 Å². The fraction of sp³-hybridized carbons (Fsp3) is 0.387. The largest absolute Gasteiger partial charge is 0.488 e. The third-order valence-corrected chi connectivity index (χ3v) is 8.20. The van der Waals surface area contributed by atoms with Crippen LogP contribution in [0.3, 0.4) is 0 Å². The lowest BCUT2D eigenvalue weighted by atomic mass is 9.98. The van der Waals surface area contributed by atoms with Gasteiger partial charge in [0.2, 0.25) is 0 Å². The summed E-state index contributed by atoms with van der Waals surface area (Å²) >= 11 is 0. The molecule has 2 fully saturated rings. The molecule has 42 heavy (non-hydrogen) atoms. The summed E-state index contributed by atoms with van der Waals surface area (Å²) in [6.45, 7) is 8.79. The molecule has 0 atom stereocenters. The molecule has 2 aliphatic rings. The van der Waals surface area contributed by atoms with Crippen molar-refractivity contribution in [2.24, 2.45) is 0 Å². The zero-order chi connectivity index (χ0) is 28.6. The van der Waals surface area contributed by atoms with E-state index in [2.05, 4.69) is 9.80 Å². The summed E-state index contributed by atoms with van der Waals surface area (Å²) < 4.78 is 25.1. The van der Waals surface area contributed by atoms with Crippen molar-refractivity contribution in [2.75, 3.05) is 78.9 Å². The maximum atomic E-state index is 13.9. The summed E-state index contributed by atoms with van der Waals surface area (Å²) in [5.41, 5.74) is 1.58. The predicted octanol–water partition coefficient (Wildman–Crippen LogP) is 2.71. The first-order chi connectivity index (χ1) is 20.6. The van der Waals surface area contributed by atoms with Crippen LogP contribution in [-0.4, -0.2) is 109 Å². The van der Waals surface area contributed by atoms with Gasteiger partial charge in [0.05, 0.1) is 43.0 Å². The average Bonchev–Trinajstić information content (AvgIpc) is 3.39. The van der Waals surface area contributed by atoms with Crippen LogP contribution in [0.25, 0.3) is 38.2 Å². The molecule has 3 aromatic carbocycles. The van der Waals surface area contributed by atoms with Gasteiger partial charge in [0.25, 0.3) is 5.56 Å². The van der Waals surface area contributed by atoms with E-state index >= 15 is 0 Å².